The highest BCUT2D eigenvalue weighted by Gasteiger charge is 2.25. The van der Waals surface area contributed by atoms with Crippen LogP contribution < -0.4 is 5.73 Å². The van der Waals surface area contributed by atoms with E-state index in [4.69, 9.17) is 10.8 Å². The Balaban J connectivity index is 3.31. The molecule has 3 nitrogen and oxygen atoms in total. The Bertz CT molecular complexity index is 353. The summed E-state index contributed by atoms with van der Waals surface area (Å²) >= 11 is 6.80. The number of rotatable bonds is 2. The number of pyridine rings is 1. The van der Waals surface area contributed by atoms with Gasteiger partial charge in [0, 0.05) is 15.1 Å². The van der Waals surface area contributed by atoms with Crippen molar-refractivity contribution in [2.24, 2.45) is 5.73 Å². The molecule has 5 heteroatoms. The quantitative estimate of drug-likeness (QED) is 0.876. The number of aliphatic hydroxyl groups is 1. The zero-order valence-corrected chi connectivity index (χ0v) is 11.2. The maximum Gasteiger partial charge on any atom is 0.0800 e. The maximum atomic E-state index is 9.13. The third-order valence-electron chi connectivity index (χ3n) is 2.07. The first-order valence-electron chi connectivity index (χ1n) is 4.11. The van der Waals surface area contributed by atoms with E-state index in [-0.39, 0.29) is 6.61 Å². The summed E-state index contributed by atoms with van der Waals surface area (Å²) in [5.74, 6) is 0. The van der Waals surface area contributed by atoms with Gasteiger partial charge in [-0.25, -0.2) is 0 Å². The van der Waals surface area contributed by atoms with Gasteiger partial charge < -0.3 is 10.8 Å². The van der Waals surface area contributed by atoms with E-state index in [1.54, 1.807) is 13.1 Å². The molecule has 0 fully saturated rings. The van der Waals surface area contributed by atoms with Gasteiger partial charge in [-0.2, -0.15) is 0 Å². The second kappa shape index (κ2) is 4.26. The molecule has 0 saturated carbocycles. The molecule has 1 atom stereocenters. The summed E-state index contributed by atoms with van der Waals surface area (Å²) in [5, 5.41) is 9.13. The molecule has 0 spiro atoms. The summed E-state index contributed by atoms with van der Waals surface area (Å²) < 4.78 is 1.76. The van der Waals surface area contributed by atoms with Crippen LogP contribution in [0.25, 0.3) is 0 Å². The summed E-state index contributed by atoms with van der Waals surface area (Å²) in [4.78, 5) is 4.20. The Labute approximate surface area is 100.0 Å². The van der Waals surface area contributed by atoms with Gasteiger partial charge in [-0.15, -0.1) is 0 Å². The lowest BCUT2D eigenvalue weighted by molar-refractivity contribution is 0.206. The molecule has 1 aromatic rings. The van der Waals surface area contributed by atoms with E-state index in [0.717, 1.165) is 14.5 Å². The number of nitrogens with zero attached hydrogens (tertiary/aromatic N) is 1. The first kappa shape index (κ1) is 12.1. The minimum absolute atomic E-state index is 0.139. The van der Waals surface area contributed by atoms with Crippen LogP contribution in [0.4, 0.5) is 0 Å². The second-order valence-corrected chi connectivity index (χ2v) is 5.12. The van der Waals surface area contributed by atoms with Crippen LogP contribution in [0.1, 0.15) is 18.2 Å². The topological polar surface area (TPSA) is 59.1 Å². The predicted molar refractivity (Wildman–Crippen MR) is 63.0 cm³/mol. The van der Waals surface area contributed by atoms with Gasteiger partial charge in [-0.3, -0.25) is 4.98 Å². The van der Waals surface area contributed by atoms with E-state index in [9.17, 15) is 0 Å². The van der Waals surface area contributed by atoms with Gasteiger partial charge in [-0.1, -0.05) is 0 Å². The van der Waals surface area contributed by atoms with Gasteiger partial charge in [0.15, 0.2) is 0 Å². The summed E-state index contributed by atoms with van der Waals surface area (Å²) in [7, 11) is 0. The van der Waals surface area contributed by atoms with E-state index >= 15 is 0 Å². The van der Waals surface area contributed by atoms with E-state index in [0.29, 0.717) is 5.69 Å². The van der Waals surface area contributed by atoms with E-state index in [2.05, 4.69) is 36.8 Å². The fourth-order valence-corrected chi connectivity index (χ4v) is 2.37. The summed E-state index contributed by atoms with van der Waals surface area (Å²) in [6.45, 7) is 3.56. The molecule has 0 aliphatic carbocycles. The zero-order valence-electron chi connectivity index (χ0n) is 8.01. The molecule has 0 aliphatic heterocycles. The van der Waals surface area contributed by atoms with Crippen molar-refractivity contribution in [3.8, 4) is 0 Å². The highest BCUT2D eigenvalue weighted by Crippen LogP contribution is 2.30. The molecule has 78 valence electrons. The standard InChI is InChI=1S/C9H12Br2N2O/c1-5-6(10)3-13-8(7(5)11)9(2,12)4-14/h3,14H,4,12H2,1-2H3. The van der Waals surface area contributed by atoms with Gasteiger partial charge in [0.05, 0.1) is 17.8 Å². The van der Waals surface area contributed by atoms with Gasteiger partial charge in [0.2, 0.25) is 0 Å². The molecule has 0 amide bonds. The van der Waals surface area contributed by atoms with E-state index in [1.807, 2.05) is 6.92 Å². The zero-order chi connectivity index (χ0) is 10.9. The van der Waals surface area contributed by atoms with Crippen LogP contribution in [0.5, 0.6) is 0 Å². The maximum absolute atomic E-state index is 9.13. The fraction of sp³-hybridized carbons (Fsp3) is 0.444. The van der Waals surface area contributed by atoms with Gasteiger partial charge in [0.1, 0.15) is 0 Å². The van der Waals surface area contributed by atoms with Crippen molar-refractivity contribution in [3.05, 3.63) is 26.4 Å². The fourth-order valence-electron chi connectivity index (χ4n) is 1.03. The molecule has 0 saturated heterocycles. The van der Waals surface area contributed by atoms with Gasteiger partial charge in [-0.05, 0) is 51.3 Å². The van der Waals surface area contributed by atoms with Crippen molar-refractivity contribution in [1.82, 2.24) is 4.98 Å². The molecular weight excluding hydrogens is 312 g/mol. The lowest BCUT2D eigenvalue weighted by Crippen LogP contribution is -2.38. The molecule has 14 heavy (non-hydrogen) atoms. The highest BCUT2D eigenvalue weighted by molar-refractivity contribution is 9.11. The molecule has 3 N–H and O–H groups in total. The Morgan fingerprint density at radius 3 is 2.64 bits per heavy atom. The monoisotopic (exact) mass is 322 g/mol. The van der Waals surface area contributed by atoms with Crippen LogP contribution in [-0.2, 0) is 5.54 Å². The predicted octanol–water partition coefficient (Wildman–Crippen LogP) is 2.08. The van der Waals surface area contributed by atoms with Crippen LogP contribution in [0.3, 0.4) is 0 Å². The highest BCUT2D eigenvalue weighted by atomic mass is 79.9. The first-order chi connectivity index (χ1) is 6.40. The SMILES string of the molecule is Cc1c(Br)cnc(C(C)(N)CO)c1Br. The van der Waals surface area contributed by atoms with Gasteiger partial charge in [0.25, 0.3) is 0 Å². The summed E-state index contributed by atoms with van der Waals surface area (Å²) in [6, 6.07) is 0. The summed E-state index contributed by atoms with van der Waals surface area (Å²) in [5.41, 5.74) is 6.78. The molecule has 0 aliphatic rings. The van der Waals surface area contributed by atoms with Gasteiger partial charge >= 0.3 is 0 Å². The third-order valence-corrected chi connectivity index (χ3v) is 3.84. The number of hydrogen-bond donors (Lipinski definition) is 2. The number of hydrogen-bond acceptors (Lipinski definition) is 3. The normalized spacial score (nSPS) is 15.3. The Morgan fingerprint density at radius 1 is 1.57 bits per heavy atom. The number of nitrogens with two attached hydrogens (primary N) is 1. The molecule has 1 unspecified atom stereocenters. The van der Waals surface area contributed by atoms with Crippen molar-refractivity contribution in [2.45, 2.75) is 19.4 Å². The second-order valence-electron chi connectivity index (χ2n) is 3.47. The largest absolute Gasteiger partial charge is 0.394 e. The van der Waals surface area contributed by atoms with Crippen molar-refractivity contribution in [3.63, 3.8) is 0 Å². The van der Waals surface area contributed by atoms with Crippen LogP contribution >= 0.6 is 31.9 Å². The lowest BCUT2D eigenvalue weighted by Gasteiger charge is -2.23. The van der Waals surface area contributed by atoms with Crippen LogP contribution in [0.15, 0.2) is 15.1 Å². The Hall–Kier alpha value is 0.0300. The number of aromatic nitrogens is 1. The lowest BCUT2D eigenvalue weighted by atomic mass is 9.99. The Kier molecular flexibility index (Phi) is 3.69. The molecule has 0 aromatic carbocycles. The molecule has 1 aromatic heterocycles. The third kappa shape index (κ3) is 2.16. The van der Waals surface area contributed by atoms with E-state index < -0.39 is 5.54 Å². The Morgan fingerprint density at radius 2 is 2.14 bits per heavy atom. The van der Waals surface area contributed by atoms with Crippen molar-refractivity contribution in [2.75, 3.05) is 6.61 Å². The van der Waals surface area contributed by atoms with Crippen LogP contribution in [-0.4, -0.2) is 16.7 Å². The minimum atomic E-state index is -0.815. The number of halogens is 2. The molecule has 0 radical (unpaired) electrons. The molecule has 0 bridgehead atoms. The van der Waals surface area contributed by atoms with Crippen molar-refractivity contribution < 1.29 is 5.11 Å². The minimum Gasteiger partial charge on any atom is -0.394 e. The van der Waals surface area contributed by atoms with Crippen molar-refractivity contribution >= 4 is 31.9 Å². The average molecular weight is 324 g/mol. The molecule has 1 heterocycles. The van der Waals surface area contributed by atoms with E-state index in [1.165, 1.54) is 0 Å². The van der Waals surface area contributed by atoms with Crippen molar-refractivity contribution in [1.29, 1.82) is 0 Å². The smallest absolute Gasteiger partial charge is 0.0800 e. The number of aliphatic hydroxyl groups excluding tert-OH is 1. The molecular formula is C9H12Br2N2O. The first-order valence-corrected chi connectivity index (χ1v) is 5.69. The summed E-state index contributed by atoms with van der Waals surface area (Å²) in [6.07, 6.45) is 1.69. The van der Waals surface area contributed by atoms with Crippen LogP contribution in [0, 0.1) is 6.92 Å². The average Bonchev–Trinajstić information content (AvgIpc) is 2.14. The van der Waals surface area contributed by atoms with Crippen LogP contribution in [0.2, 0.25) is 0 Å². The molecule has 1 rings (SSSR count).